The van der Waals surface area contributed by atoms with E-state index in [1.54, 1.807) is 11.6 Å². The largest absolute Gasteiger partial charge is 0.481 e. The fourth-order valence-corrected chi connectivity index (χ4v) is 1.98. The molecular weight excluding hydrogens is 238 g/mol. The zero-order valence-corrected chi connectivity index (χ0v) is 9.76. The number of rotatable bonds is 5. The van der Waals surface area contributed by atoms with Crippen LogP contribution in [0.3, 0.4) is 0 Å². The Kier molecular flexibility index (Phi) is 3.72. The van der Waals surface area contributed by atoms with E-state index in [-0.39, 0.29) is 6.42 Å². The van der Waals surface area contributed by atoms with Crippen LogP contribution in [0.1, 0.15) is 18.1 Å². The van der Waals surface area contributed by atoms with Crippen molar-refractivity contribution >= 4 is 17.3 Å². The maximum atomic E-state index is 10.8. The summed E-state index contributed by atoms with van der Waals surface area (Å²) >= 11 is 1.35. The summed E-state index contributed by atoms with van der Waals surface area (Å²) in [6, 6.07) is 9.29. The van der Waals surface area contributed by atoms with Crippen LogP contribution in [0.15, 0.2) is 41.9 Å². The highest BCUT2D eigenvalue weighted by Gasteiger charge is 2.18. The maximum absolute atomic E-state index is 10.8. The molecule has 0 aliphatic carbocycles. The number of hydrogen-bond acceptors (Lipinski definition) is 4. The summed E-state index contributed by atoms with van der Waals surface area (Å²) in [5.74, 6) is -0.893. The van der Waals surface area contributed by atoms with Gasteiger partial charge in [0.15, 0.2) is 0 Å². The summed E-state index contributed by atoms with van der Waals surface area (Å²) in [6.07, 6.45) is 1.05. The van der Waals surface area contributed by atoms with E-state index < -0.39 is 12.1 Å². The molecule has 17 heavy (non-hydrogen) atoms. The Balaban J connectivity index is 2.16. The van der Waals surface area contributed by atoms with E-state index in [1.165, 1.54) is 11.3 Å². The molecule has 1 heterocycles. The molecule has 0 bridgehead atoms. The maximum Gasteiger partial charge on any atom is 0.307 e. The number of carbonyl (C=O) groups is 1. The molecular formula is C12H11NO3S. The van der Waals surface area contributed by atoms with Crippen molar-refractivity contribution in [3.63, 3.8) is 0 Å². The SMILES string of the molecule is O=C(O)CC(Oc1nccs1)c1ccccc1. The number of aliphatic carboxylic acids is 1. The first kappa shape index (κ1) is 11.6. The lowest BCUT2D eigenvalue weighted by atomic mass is 10.1. The molecule has 0 spiro atoms. The highest BCUT2D eigenvalue weighted by atomic mass is 32.1. The molecule has 0 aliphatic heterocycles. The van der Waals surface area contributed by atoms with Crippen LogP contribution in [0, 0.1) is 0 Å². The first-order valence-electron chi connectivity index (χ1n) is 5.08. The molecule has 2 aromatic rings. The van der Waals surface area contributed by atoms with Gasteiger partial charge in [0.05, 0.1) is 6.42 Å². The third-order valence-corrected chi connectivity index (χ3v) is 2.85. The van der Waals surface area contributed by atoms with E-state index in [4.69, 9.17) is 9.84 Å². The van der Waals surface area contributed by atoms with Crippen LogP contribution < -0.4 is 4.74 Å². The van der Waals surface area contributed by atoms with E-state index in [9.17, 15) is 4.79 Å². The van der Waals surface area contributed by atoms with Gasteiger partial charge < -0.3 is 9.84 Å². The highest BCUT2D eigenvalue weighted by molar-refractivity contribution is 7.11. The first-order chi connectivity index (χ1) is 8.25. The summed E-state index contributed by atoms with van der Waals surface area (Å²) in [6.45, 7) is 0. The number of benzene rings is 1. The van der Waals surface area contributed by atoms with Gasteiger partial charge in [0, 0.05) is 11.6 Å². The fourth-order valence-electron chi connectivity index (χ4n) is 1.44. The van der Waals surface area contributed by atoms with Gasteiger partial charge in [-0.1, -0.05) is 41.7 Å². The zero-order chi connectivity index (χ0) is 12.1. The van der Waals surface area contributed by atoms with Gasteiger partial charge in [0.2, 0.25) is 0 Å². The van der Waals surface area contributed by atoms with Crippen molar-refractivity contribution < 1.29 is 14.6 Å². The van der Waals surface area contributed by atoms with Crippen molar-refractivity contribution in [1.82, 2.24) is 4.98 Å². The van der Waals surface area contributed by atoms with E-state index in [2.05, 4.69) is 4.98 Å². The van der Waals surface area contributed by atoms with E-state index >= 15 is 0 Å². The Hall–Kier alpha value is -1.88. The molecule has 0 saturated heterocycles. The summed E-state index contributed by atoms with van der Waals surface area (Å²) in [4.78, 5) is 14.8. The van der Waals surface area contributed by atoms with Crippen molar-refractivity contribution in [2.75, 3.05) is 0 Å². The van der Waals surface area contributed by atoms with Crippen LogP contribution in [0.4, 0.5) is 0 Å². The molecule has 0 radical (unpaired) electrons. The van der Waals surface area contributed by atoms with Gasteiger partial charge in [-0.2, -0.15) is 0 Å². The van der Waals surface area contributed by atoms with Crippen LogP contribution in [-0.4, -0.2) is 16.1 Å². The Morgan fingerprint density at radius 3 is 2.76 bits per heavy atom. The molecule has 0 fully saturated rings. The second-order valence-electron chi connectivity index (χ2n) is 3.41. The smallest absolute Gasteiger partial charge is 0.307 e. The van der Waals surface area contributed by atoms with Crippen molar-refractivity contribution in [2.45, 2.75) is 12.5 Å². The number of hydrogen-bond donors (Lipinski definition) is 1. The molecule has 1 N–H and O–H groups in total. The average Bonchev–Trinajstić information content (AvgIpc) is 2.82. The molecule has 1 aromatic heterocycles. The quantitative estimate of drug-likeness (QED) is 0.885. The second kappa shape index (κ2) is 5.45. The minimum Gasteiger partial charge on any atom is -0.481 e. The Morgan fingerprint density at radius 1 is 1.41 bits per heavy atom. The van der Waals surface area contributed by atoms with Crippen LogP contribution in [0.5, 0.6) is 5.19 Å². The predicted octanol–water partition coefficient (Wildman–Crippen LogP) is 2.74. The van der Waals surface area contributed by atoms with Crippen LogP contribution in [0.2, 0.25) is 0 Å². The van der Waals surface area contributed by atoms with E-state index in [0.717, 1.165) is 5.56 Å². The Bertz CT molecular complexity index is 470. The fraction of sp³-hybridized carbons (Fsp3) is 0.167. The van der Waals surface area contributed by atoms with Gasteiger partial charge in [0.25, 0.3) is 5.19 Å². The molecule has 2 rings (SSSR count). The zero-order valence-electron chi connectivity index (χ0n) is 8.95. The van der Waals surface area contributed by atoms with Crippen LogP contribution >= 0.6 is 11.3 Å². The minimum absolute atomic E-state index is 0.0798. The third-order valence-electron chi connectivity index (χ3n) is 2.18. The molecule has 88 valence electrons. The summed E-state index contributed by atoms with van der Waals surface area (Å²) < 4.78 is 5.58. The number of ether oxygens (including phenoxy) is 1. The van der Waals surface area contributed by atoms with Crippen molar-refractivity contribution in [3.8, 4) is 5.19 Å². The van der Waals surface area contributed by atoms with Gasteiger partial charge >= 0.3 is 5.97 Å². The lowest BCUT2D eigenvalue weighted by Crippen LogP contribution is -2.12. The van der Waals surface area contributed by atoms with E-state index in [0.29, 0.717) is 5.19 Å². The average molecular weight is 249 g/mol. The number of carboxylic acids is 1. The van der Waals surface area contributed by atoms with Crippen LogP contribution in [0.25, 0.3) is 0 Å². The first-order valence-corrected chi connectivity index (χ1v) is 5.96. The molecule has 1 atom stereocenters. The second-order valence-corrected chi connectivity index (χ2v) is 4.27. The topological polar surface area (TPSA) is 59.4 Å². The van der Waals surface area contributed by atoms with E-state index in [1.807, 2.05) is 30.3 Å². The van der Waals surface area contributed by atoms with Gasteiger partial charge in [-0.05, 0) is 5.56 Å². The molecule has 0 aliphatic rings. The predicted molar refractivity (Wildman–Crippen MR) is 64.2 cm³/mol. The van der Waals surface area contributed by atoms with Gasteiger partial charge in [-0.15, -0.1) is 0 Å². The van der Waals surface area contributed by atoms with Crippen molar-refractivity contribution in [1.29, 1.82) is 0 Å². The van der Waals surface area contributed by atoms with Crippen LogP contribution in [-0.2, 0) is 4.79 Å². The Labute approximate surface area is 103 Å². The summed E-state index contributed by atoms with van der Waals surface area (Å²) in [5, 5.41) is 11.2. The van der Waals surface area contributed by atoms with Gasteiger partial charge in [-0.25, -0.2) is 4.98 Å². The third kappa shape index (κ3) is 3.29. The molecule has 1 unspecified atom stereocenters. The highest BCUT2D eigenvalue weighted by Crippen LogP contribution is 2.26. The monoisotopic (exact) mass is 249 g/mol. The van der Waals surface area contributed by atoms with Gasteiger partial charge in [-0.3, -0.25) is 4.79 Å². The number of aromatic nitrogens is 1. The van der Waals surface area contributed by atoms with Crippen molar-refractivity contribution in [3.05, 3.63) is 47.5 Å². The molecule has 5 heteroatoms. The van der Waals surface area contributed by atoms with Gasteiger partial charge in [0.1, 0.15) is 6.10 Å². The summed E-state index contributed by atoms with van der Waals surface area (Å²) in [7, 11) is 0. The lowest BCUT2D eigenvalue weighted by Gasteiger charge is -2.15. The standard InChI is InChI=1S/C12H11NO3S/c14-11(15)8-10(9-4-2-1-3-5-9)16-12-13-6-7-17-12/h1-7,10H,8H2,(H,14,15). The molecule has 0 saturated carbocycles. The minimum atomic E-state index is -0.893. The summed E-state index contributed by atoms with van der Waals surface area (Å²) in [5.41, 5.74) is 0.838. The lowest BCUT2D eigenvalue weighted by molar-refractivity contribution is -0.138. The molecule has 4 nitrogen and oxygen atoms in total. The van der Waals surface area contributed by atoms with Crippen molar-refractivity contribution in [2.24, 2.45) is 0 Å². The normalized spacial score (nSPS) is 12.0. The number of carboxylic acid groups (broad SMARTS) is 1. The molecule has 1 aromatic carbocycles. The Morgan fingerprint density at radius 2 is 2.18 bits per heavy atom. The number of thiazole rings is 1. The number of nitrogens with zero attached hydrogens (tertiary/aromatic N) is 1. The molecule has 0 amide bonds.